The molecule has 1 aliphatic heterocycles. The fraction of sp³-hybridized carbons (Fsp3) is 0.385. The zero-order chi connectivity index (χ0) is 14.7. The summed E-state index contributed by atoms with van der Waals surface area (Å²) in [5.74, 6) is 0.269. The van der Waals surface area contributed by atoms with Crippen molar-refractivity contribution in [3.63, 3.8) is 0 Å². The lowest BCUT2D eigenvalue weighted by atomic mass is 10.1. The molecule has 1 atom stereocenters. The van der Waals surface area contributed by atoms with Crippen LogP contribution in [0.1, 0.15) is 18.4 Å². The maximum absolute atomic E-state index is 11.6. The van der Waals surface area contributed by atoms with Gasteiger partial charge in [0.25, 0.3) is 0 Å². The molecule has 2 amide bonds. The van der Waals surface area contributed by atoms with Crippen LogP contribution in [0.4, 0.5) is 0 Å². The number of ether oxygens (including phenoxy) is 1. The third-order valence-electron chi connectivity index (χ3n) is 3.05. The van der Waals surface area contributed by atoms with E-state index in [4.69, 9.17) is 4.74 Å². The number of nitrogens with one attached hydrogen (secondary N) is 2. The molecule has 1 heterocycles. The summed E-state index contributed by atoms with van der Waals surface area (Å²) in [5.41, 5.74) is 1.01. The van der Waals surface area contributed by atoms with Crippen molar-refractivity contribution in [1.29, 1.82) is 0 Å². The quantitative estimate of drug-likeness (QED) is 0.753. The van der Waals surface area contributed by atoms with Crippen molar-refractivity contribution in [2.45, 2.75) is 25.4 Å². The normalized spacial score (nSPS) is 18.9. The molecule has 2 N–H and O–H groups in total. The highest BCUT2D eigenvalue weighted by molar-refractivity contribution is 9.11. The number of amides is 2. The molecule has 0 spiro atoms. The number of benzene rings is 1. The van der Waals surface area contributed by atoms with Crippen LogP contribution in [0.25, 0.3) is 0 Å². The number of halogens is 2. The van der Waals surface area contributed by atoms with Gasteiger partial charge in [-0.2, -0.15) is 0 Å². The molecular weight excluding hydrogens is 392 g/mol. The molecule has 0 radical (unpaired) electrons. The van der Waals surface area contributed by atoms with E-state index in [9.17, 15) is 9.59 Å². The highest BCUT2D eigenvalue weighted by Crippen LogP contribution is 2.34. The lowest BCUT2D eigenvalue weighted by Crippen LogP contribution is -2.50. The van der Waals surface area contributed by atoms with Gasteiger partial charge in [-0.15, -0.1) is 0 Å². The Balaban J connectivity index is 2.01. The van der Waals surface area contributed by atoms with E-state index in [-0.39, 0.29) is 17.9 Å². The fourth-order valence-electron chi connectivity index (χ4n) is 2.04. The first-order valence-electron chi connectivity index (χ1n) is 6.10. The van der Waals surface area contributed by atoms with Gasteiger partial charge in [0.15, 0.2) is 0 Å². The molecule has 2 rings (SSSR count). The van der Waals surface area contributed by atoms with Gasteiger partial charge in [0, 0.05) is 13.0 Å². The van der Waals surface area contributed by atoms with Crippen molar-refractivity contribution < 1.29 is 14.3 Å². The second-order valence-corrected chi connectivity index (χ2v) is 6.19. The van der Waals surface area contributed by atoms with Crippen LogP contribution in [0.3, 0.4) is 0 Å². The predicted octanol–water partition coefficient (Wildman–Crippen LogP) is 2.11. The first kappa shape index (κ1) is 15.5. The summed E-state index contributed by atoms with van der Waals surface area (Å²) in [6, 6.07) is 3.54. The summed E-state index contributed by atoms with van der Waals surface area (Å²) in [5, 5.41) is 5.48. The number of hydrogen-bond donors (Lipinski definition) is 2. The molecule has 1 saturated heterocycles. The molecule has 20 heavy (non-hydrogen) atoms. The van der Waals surface area contributed by atoms with Crippen molar-refractivity contribution in [3.8, 4) is 5.75 Å². The number of methoxy groups -OCH3 is 1. The second-order valence-electron chi connectivity index (χ2n) is 4.48. The van der Waals surface area contributed by atoms with Crippen LogP contribution in [-0.4, -0.2) is 25.0 Å². The van der Waals surface area contributed by atoms with E-state index in [1.54, 1.807) is 7.11 Å². The molecular formula is C13H14Br2N2O3. The van der Waals surface area contributed by atoms with E-state index >= 15 is 0 Å². The zero-order valence-electron chi connectivity index (χ0n) is 10.8. The SMILES string of the molecule is COc1c(Br)cc(CNC2CCC(=O)NC2=O)cc1Br. The minimum absolute atomic E-state index is 0.206. The number of piperidine rings is 1. The molecule has 1 fully saturated rings. The molecule has 0 aliphatic carbocycles. The van der Waals surface area contributed by atoms with Gasteiger partial charge in [0.05, 0.1) is 22.1 Å². The highest BCUT2D eigenvalue weighted by atomic mass is 79.9. The smallest absolute Gasteiger partial charge is 0.243 e. The Kier molecular flexibility index (Phi) is 5.17. The van der Waals surface area contributed by atoms with Crippen molar-refractivity contribution in [3.05, 3.63) is 26.6 Å². The van der Waals surface area contributed by atoms with Crippen molar-refractivity contribution in [1.82, 2.24) is 10.6 Å². The lowest BCUT2D eigenvalue weighted by Gasteiger charge is -2.22. The first-order valence-corrected chi connectivity index (χ1v) is 7.69. The van der Waals surface area contributed by atoms with Gasteiger partial charge in [0.2, 0.25) is 11.8 Å². The Labute approximate surface area is 133 Å². The van der Waals surface area contributed by atoms with Gasteiger partial charge in [-0.3, -0.25) is 14.9 Å². The van der Waals surface area contributed by atoms with Gasteiger partial charge >= 0.3 is 0 Å². The summed E-state index contributed by atoms with van der Waals surface area (Å²) < 4.78 is 6.92. The van der Waals surface area contributed by atoms with Gasteiger partial charge < -0.3 is 10.1 Å². The number of rotatable bonds is 4. The molecule has 1 aliphatic rings. The first-order chi connectivity index (χ1) is 9.51. The van der Waals surface area contributed by atoms with E-state index in [0.29, 0.717) is 19.4 Å². The third-order valence-corrected chi connectivity index (χ3v) is 4.23. The fourth-order valence-corrected chi connectivity index (χ4v) is 3.64. The Bertz CT molecular complexity index is 525. The third kappa shape index (κ3) is 3.59. The van der Waals surface area contributed by atoms with Crippen LogP contribution in [0.2, 0.25) is 0 Å². The number of hydrogen-bond acceptors (Lipinski definition) is 4. The maximum Gasteiger partial charge on any atom is 0.243 e. The van der Waals surface area contributed by atoms with Gasteiger partial charge in [-0.1, -0.05) is 0 Å². The van der Waals surface area contributed by atoms with Crippen molar-refractivity contribution >= 4 is 43.7 Å². The molecule has 1 aromatic carbocycles. The van der Waals surface area contributed by atoms with Crippen LogP contribution >= 0.6 is 31.9 Å². The number of imide groups is 1. The summed E-state index contributed by atoms with van der Waals surface area (Å²) in [6.45, 7) is 0.535. The Hall–Kier alpha value is -0.920. The molecule has 1 aromatic rings. The molecule has 108 valence electrons. The van der Waals surface area contributed by atoms with E-state index in [0.717, 1.165) is 20.3 Å². The minimum Gasteiger partial charge on any atom is -0.494 e. The molecule has 0 aromatic heterocycles. The Morgan fingerprint density at radius 3 is 2.55 bits per heavy atom. The van der Waals surface area contributed by atoms with Crippen LogP contribution in [-0.2, 0) is 16.1 Å². The number of carbonyl (C=O) groups is 2. The van der Waals surface area contributed by atoms with E-state index in [1.165, 1.54) is 0 Å². The monoisotopic (exact) mass is 404 g/mol. The van der Waals surface area contributed by atoms with Crippen LogP contribution in [0.15, 0.2) is 21.1 Å². The van der Waals surface area contributed by atoms with Gasteiger partial charge in [-0.05, 0) is 56.0 Å². The number of carbonyl (C=O) groups excluding carboxylic acids is 2. The van der Waals surface area contributed by atoms with E-state index in [1.807, 2.05) is 12.1 Å². The van der Waals surface area contributed by atoms with E-state index < -0.39 is 0 Å². The van der Waals surface area contributed by atoms with E-state index in [2.05, 4.69) is 42.5 Å². The van der Waals surface area contributed by atoms with Crippen LogP contribution in [0.5, 0.6) is 5.75 Å². The molecule has 0 bridgehead atoms. The minimum atomic E-state index is -0.327. The molecule has 1 unspecified atom stereocenters. The summed E-state index contributed by atoms with van der Waals surface area (Å²) >= 11 is 6.87. The van der Waals surface area contributed by atoms with Gasteiger partial charge in [-0.25, -0.2) is 0 Å². The standard InChI is InChI=1S/C13H14Br2N2O3/c1-20-12-8(14)4-7(5-9(12)15)6-16-10-2-3-11(18)17-13(10)19/h4-5,10,16H,2-3,6H2,1H3,(H,17,18,19). The largest absolute Gasteiger partial charge is 0.494 e. The van der Waals surface area contributed by atoms with Crippen molar-refractivity contribution in [2.24, 2.45) is 0 Å². The molecule has 0 saturated carbocycles. The maximum atomic E-state index is 11.6. The molecule has 5 nitrogen and oxygen atoms in total. The van der Waals surface area contributed by atoms with Crippen molar-refractivity contribution in [2.75, 3.05) is 7.11 Å². The highest BCUT2D eigenvalue weighted by Gasteiger charge is 2.25. The Morgan fingerprint density at radius 1 is 1.35 bits per heavy atom. The van der Waals surface area contributed by atoms with Crippen LogP contribution in [0, 0.1) is 0 Å². The summed E-state index contributed by atoms with van der Waals surface area (Å²) in [4.78, 5) is 22.7. The average Bonchev–Trinajstić information content (AvgIpc) is 2.37. The lowest BCUT2D eigenvalue weighted by molar-refractivity contribution is -0.134. The summed E-state index contributed by atoms with van der Waals surface area (Å²) in [7, 11) is 1.60. The van der Waals surface area contributed by atoms with Gasteiger partial charge in [0.1, 0.15) is 5.75 Å². The Morgan fingerprint density at radius 2 is 2.00 bits per heavy atom. The molecule has 7 heteroatoms. The zero-order valence-corrected chi connectivity index (χ0v) is 14.0. The topological polar surface area (TPSA) is 67.4 Å². The second kappa shape index (κ2) is 6.69. The van der Waals surface area contributed by atoms with Crippen LogP contribution < -0.4 is 15.4 Å². The predicted molar refractivity (Wildman–Crippen MR) is 81.4 cm³/mol. The average molecular weight is 406 g/mol. The summed E-state index contributed by atoms with van der Waals surface area (Å²) in [6.07, 6.45) is 0.905.